The molecule has 0 radical (unpaired) electrons. The number of rotatable bonds is 5. The molecule has 3 aromatic rings. The predicted octanol–water partition coefficient (Wildman–Crippen LogP) is 3.71. The van der Waals surface area contributed by atoms with Crippen molar-refractivity contribution in [2.75, 3.05) is 12.3 Å². The zero-order valence-corrected chi connectivity index (χ0v) is 15.1. The fraction of sp³-hybridized carbons (Fsp3) is 0.238. The minimum Gasteiger partial charge on any atom is -0.506 e. The first-order chi connectivity index (χ1) is 13.1. The molecular weight excluding hydrogens is 340 g/mol. The number of benzene rings is 2. The number of hydrogen-bond donors (Lipinski definition) is 3. The van der Waals surface area contributed by atoms with Gasteiger partial charge in [-0.3, -0.25) is 9.89 Å². The van der Waals surface area contributed by atoms with E-state index in [0.29, 0.717) is 17.9 Å². The quantitative estimate of drug-likeness (QED) is 0.476. The van der Waals surface area contributed by atoms with Gasteiger partial charge in [-0.15, -0.1) is 0 Å². The molecule has 6 nitrogen and oxygen atoms in total. The van der Waals surface area contributed by atoms with Crippen LogP contribution in [0.3, 0.4) is 0 Å². The van der Waals surface area contributed by atoms with Crippen LogP contribution in [0.15, 0.2) is 48.5 Å². The summed E-state index contributed by atoms with van der Waals surface area (Å²) in [4.78, 5) is 14.9. The summed E-state index contributed by atoms with van der Waals surface area (Å²) in [5.41, 5.74) is 10.0. The van der Waals surface area contributed by atoms with Crippen molar-refractivity contribution in [2.24, 2.45) is 0 Å². The first kappa shape index (κ1) is 17.1. The number of nitrogens with one attached hydrogen (secondary N) is 1. The molecule has 0 saturated carbocycles. The van der Waals surface area contributed by atoms with Crippen LogP contribution in [0.25, 0.3) is 11.3 Å². The second-order valence-electron chi connectivity index (χ2n) is 6.80. The van der Waals surface area contributed by atoms with Crippen molar-refractivity contribution < 1.29 is 9.90 Å². The van der Waals surface area contributed by atoms with Crippen molar-refractivity contribution in [3.8, 4) is 17.0 Å². The summed E-state index contributed by atoms with van der Waals surface area (Å²) in [6, 6.07) is 14.7. The van der Waals surface area contributed by atoms with Crippen molar-refractivity contribution in [2.45, 2.75) is 25.8 Å². The molecule has 0 fully saturated rings. The summed E-state index contributed by atoms with van der Waals surface area (Å²) < 4.78 is 0. The number of fused-ring (bicyclic) bond motifs is 1. The van der Waals surface area contributed by atoms with Crippen LogP contribution in [0.5, 0.6) is 5.75 Å². The number of phenolic OH excluding ortho intramolecular Hbond substituents is 1. The van der Waals surface area contributed by atoms with Crippen LogP contribution in [0.4, 0.5) is 5.69 Å². The van der Waals surface area contributed by atoms with E-state index < -0.39 is 0 Å². The maximum absolute atomic E-state index is 13.1. The fourth-order valence-corrected chi connectivity index (χ4v) is 3.65. The molecule has 0 spiro atoms. The molecule has 4 N–H and O–H groups in total. The zero-order chi connectivity index (χ0) is 19.0. The van der Waals surface area contributed by atoms with E-state index in [1.807, 2.05) is 41.3 Å². The van der Waals surface area contributed by atoms with E-state index in [1.165, 1.54) is 0 Å². The number of aromatic amines is 1. The molecule has 1 atom stereocenters. The zero-order valence-electron chi connectivity index (χ0n) is 15.1. The number of nitrogens with two attached hydrogens (primary N) is 1. The van der Waals surface area contributed by atoms with Gasteiger partial charge in [0.25, 0.3) is 5.91 Å². The molecule has 2 aromatic carbocycles. The van der Waals surface area contributed by atoms with Crippen LogP contribution in [0, 0.1) is 0 Å². The number of H-pyrrole nitrogens is 1. The lowest BCUT2D eigenvalue weighted by molar-refractivity contribution is 0.0741. The van der Waals surface area contributed by atoms with E-state index in [2.05, 4.69) is 17.1 Å². The number of unbranched alkanes of at least 4 members (excludes halogenated alkanes) is 1. The number of aromatic hydroxyl groups is 1. The summed E-state index contributed by atoms with van der Waals surface area (Å²) in [5.74, 6) is -0.0388. The van der Waals surface area contributed by atoms with Crippen molar-refractivity contribution in [3.63, 3.8) is 0 Å². The Balaban J connectivity index is 1.87. The van der Waals surface area contributed by atoms with Crippen molar-refractivity contribution in [1.82, 2.24) is 15.1 Å². The average molecular weight is 362 g/mol. The van der Waals surface area contributed by atoms with Gasteiger partial charge >= 0.3 is 0 Å². The predicted molar refractivity (Wildman–Crippen MR) is 104 cm³/mol. The molecule has 27 heavy (non-hydrogen) atoms. The third kappa shape index (κ3) is 2.83. The van der Waals surface area contributed by atoms with E-state index >= 15 is 0 Å². The van der Waals surface area contributed by atoms with Crippen LogP contribution in [0.1, 0.15) is 47.4 Å². The van der Waals surface area contributed by atoms with Gasteiger partial charge in [0.05, 0.1) is 17.4 Å². The lowest BCUT2D eigenvalue weighted by Crippen LogP contribution is -2.30. The van der Waals surface area contributed by atoms with E-state index in [1.54, 1.807) is 12.1 Å². The Morgan fingerprint density at radius 2 is 2.00 bits per heavy atom. The molecule has 4 rings (SSSR count). The van der Waals surface area contributed by atoms with Gasteiger partial charge in [-0.05, 0) is 24.1 Å². The highest BCUT2D eigenvalue weighted by Gasteiger charge is 2.41. The standard InChI is InChI=1S/C21H22N4O2/c1-2-3-11-25-20(14-9-10-15(22)16(26)12-14)17-18(13-7-5-4-6-8-13)23-24-19(17)21(25)27/h4-10,12,20,26H,2-3,11,22H2,1H3,(H,23,24). The van der Waals surface area contributed by atoms with Gasteiger partial charge in [-0.2, -0.15) is 5.10 Å². The van der Waals surface area contributed by atoms with E-state index in [9.17, 15) is 9.90 Å². The Kier molecular flexibility index (Phi) is 4.32. The maximum Gasteiger partial charge on any atom is 0.273 e. The molecule has 0 aliphatic carbocycles. The number of hydrogen-bond acceptors (Lipinski definition) is 4. The SMILES string of the molecule is CCCCN1C(=O)c2[nH]nc(-c3ccccc3)c2C1c1ccc(N)c(O)c1. The summed E-state index contributed by atoms with van der Waals surface area (Å²) in [6.07, 6.45) is 1.89. The lowest BCUT2D eigenvalue weighted by atomic mass is 9.95. The monoisotopic (exact) mass is 362 g/mol. The Bertz CT molecular complexity index is 981. The van der Waals surface area contributed by atoms with Gasteiger partial charge in [0.15, 0.2) is 0 Å². The highest BCUT2D eigenvalue weighted by Crippen LogP contribution is 2.43. The normalized spacial score (nSPS) is 16.0. The molecule has 0 saturated heterocycles. The Morgan fingerprint density at radius 1 is 1.22 bits per heavy atom. The van der Waals surface area contributed by atoms with Crippen molar-refractivity contribution >= 4 is 11.6 Å². The van der Waals surface area contributed by atoms with Crippen molar-refractivity contribution in [3.05, 3.63) is 65.4 Å². The first-order valence-corrected chi connectivity index (χ1v) is 9.14. The highest BCUT2D eigenvalue weighted by molar-refractivity contribution is 6.00. The topological polar surface area (TPSA) is 95.2 Å². The minimum absolute atomic E-state index is 0.0218. The first-order valence-electron chi connectivity index (χ1n) is 9.14. The Morgan fingerprint density at radius 3 is 2.70 bits per heavy atom. The molecule has 1 unspecified atom stereocenters. The van der Waals surface area contributed by atoms with Gasteiger partial charge in [-0.1, -0.05) is 49.7 Å². The number of phenols is 1. The maximum atomic E-state index is 13.1. The average Bonchev–Trinajstić information content (AvgIpc) is 3.22. The fourth-order valence-electron chi connectivity index (χ4n) is 3.65. The van der Waals surface area contributed by atoms with E-state index in [0.717, 1.165) is 35.2 Å². The third-order valence-corrected chi connectivity index (χ3v) is 5.03. The van der Waals surface area contributed by atoms with Crippen LogP contribution in [0.2, 0.25) is 0 Å². The number of nitrogens with zero attached hydrogens (tertiary/aromatic N) is 2. The number of anilines is 1. The van der Waals surface area contributed by atoms with E-state index in [-0.39, 0.29) is 17.7 Å². The number of nitrogen functional groups attached to an aromatic ring is 1. The van der Waals surface area contributed by atoms with E-state index in [4.69, 9.17) is 5.73 Å². The summed E-state index contributed by atoms with van der Waals surface area (Å²) in [6.45, 7) is 2.74. The number of amides is 1. The number of carbonyl (C=O) groups excluding carboxylic acids is 1. The largest absolute Gasteiger partial charge is 0.506 e. The molecule has 6 heteroatoms. The number of carbonyl (C=O) groups is 1. The molecule has 1 aromatic heterocycles. The molecule has 2 heterocycles. The van der Waals surface area contributed by atoms with Crippen LogP contribution < -0.4 is 5.73 Å². The minimum atomic E-state index is -0.306. The molecular formula is C21H22N4O2. The highest BCUT2D eigenvalue weighted by atomic mass is 16.3. The Hall–Kier alpha value is -3.28. The van der Waals surface area contributed by atoms with Gasteiger partial charge in [0.2, 0.25) is 0 Å². The molecule has 1 aliphatic rings. The van der Waals surface area contributed by atoms with Gasteiger partial charge < -0.3 is 15.7 Å². The summed E-state index contributed by atoms with van der Waals surface area (Å²) in [7, 11) is 0. The number of aromatic nitrogens is 2. The smallest absolute Gasteiger partial charge is 0.273 e. The van der Waals surface area contributed by atoms with Crippen molar-refractivity contribution in [1.29, 1.82) is 0 Å². The molecule has 0 bridgehead atoms. The molecule has 1 amide bonds. The summed E-state index contributed by atoms with van der Waals surface area (Å²) in [5, 5.41) is 17.5. The van der Waals surface area contributed by atoms with Gasteiger partial charge in [-0.25, -0.2) is 0 Å². The third-order valence-electron chi connectivity index (χ3n) is 5.03. The molecule has 1 aliphatic heterocycles. The second kappa shape index (κ2) is 6.79. The van der Waals surface area contributed by atoms with Gasteiger partial charge in [0, 0.05) is 17.7 Å². The van der Waals surface area contributed by atoms with Crippen LogP contribution in [-0.4, -0.2) is 32.7 Å². The summed E-state index contributed by atoms with van der Waals surface area (Å²) >= 11 is 0. The second-order valence-corrected chi connectivity index (χ2v) is 6.80. The Labute approximate surface area is 157 Å². The van der Waals surface area contributed by atoms with Gasteiger partial charge in [0.1, 0.15) is 11.4 Å². The van der Waals surface area contributed by atoms with Crippen LogP contribution >= 0.6 is 0 Å². The molecule has 138 valence electrons. The van der Waals surface area contributed by atoms with Crippen LogP contribution in [-0.2, 0) is 0 Å². The lowest BCUT2D eigenvalue weighted by Gasteiger charge is -2.26.